The van der Waals surface area contributed by atoms with Gasteiger partial charge in [0.15, 0.2) is 5.76 Å². The topological polar surface area (TPSA) is 83.4 Å². The normalized spacial score (nSPS) is 19.3. The van der Waals surface area contributed by atoms with Crippen LogP contribution in [0.3, 0.4) is 0 Å². The lowest BCUT2D eigenvalue weighted by atomic mass is 9.96. The van der Waals surface area contributed by atoms with Crippen molar-refractivity contribution in [2.75, 3.05) is 19.6 Å². The van der Waals surface area contributed by atoms with Crippen molar-refractivity contribution in [1.29, 1.82) is 0 Å². The average Bonchev–Trinajstić information content (AvgIpc) is 3.07. The summed E-state index contributed by atoms with van der Waals surface area (Å²) in [5.74, 6) is 0.352. The summed E-state index contributed by atoms with van der Waals surface area (Å²) in [7, 11) is 0. The molecule has 2 atom stereocenters. The van der Waals surface area contributed by atoms with E-state index in [1.54, 1.807) is 12.1 Å². The molecule has 0 aromatic carbocycles. The third-order valence-corrected chi connectivity index (χ3v) is 4.23. The highest BCUT2D eigenvalue weighted by atomic mass is 16.3. The molecular formula is C17H27N3O3. The maximum absolute atomic E-state index is 12.4. The Kier molecular flexibility index (Phi) is 6.65. The molecule has 1 fully saturated rings. The number of hydrogen-bond acceptors (Lipinski definition) is 4. The van der Waals surface area contributed by atoms with Gasteiger partial charge >= 0.3 is 0 Å². The number of piperidine rings is 1. The van der Waals surface area contributed by atoms with Crippen molar-refractivity contribution in [2.24, 2.45) is 11.8 Å². The summed E-state index contributed by atoms with van der Waals surface area (Å²) >= 11 is 0. The number of carbonyl (C=O) groups is 2. The van der Waals surface area contributed by atoms with Crippen LogP contribution in [0.15, 0.2) is 22.8 Å². The van der Waals surface area contributed by atoms with Crippen LogP contribution in [0.2, 0.25) is 0 Å². The van der Waals surface area contributed by atoms with Crippen molar-refractivity contribution < 1.29 is 14.0 Å². The van der Waals surface area contributed by atoms with E-state index in [0.29, 0.717) is 12.5 Å². The van der Waals surface area contributed by atoms with Crippen molar-refractivity contribution in [3.05, 3.63) is 24.2 Å². The lowest BCUT2D eigenvalue weighted by Gasteiger charge is -2.24. The van der Waals surface area contributed by atoms with Gasteiger partial charge in [-0.1, -0.05) is 13.8 Å². The number of hydrogen-bond donors (Lipinski definition) is 3. The molecule has 128 valence electrons. The molecule has 0 saturated carbocycles. The van der Waals surface area contributed by atoms with Gasteiger partial charge in [0.05, 0.1) is 6.26 Å². The van der Waals surface area contributed by atoms with E-state index in [2.05, 4.69) is 16.0 Å². The SMILES string of the molecule is CC(C)C(NC(=O)c1ccco1)C(=O)NCCC1CCCNC1. The molecule has 1 aliphatic heterocycles. The van der Waals surface area contributed by atoms with Gasteiger partial charge in [-0.2, -0.15) is 0 Å². The van der Waals surface area contributed by atoms with Gasteiger partial charge in [-0.3, -0.25) is 9.59 Å². The van der Waals surface area contributed by atoms with E-state index >= 15 is 0 Å². The Labute approximate surface area is 137 Å². The molecular weight excluding hydrogens is 294 g/mol. The predicted octanol–water partition coefficient (Wildman–Crippen LogP) is 1.54. The molecule has 1 aromatic heterocycles. The second-order valence-corrected chi connectivity index (χ2v) is 6.46. The minimum Gasteiger partial charge on any atom is -0.459 e. The smallest absolute Gasteiger partial charge is 0.287 e. The van der Waals surface area contributed by atoms with Crippen LogP contribution < -0.4 is 16.0 Å². The number of nitrogens with one attached hydrogen (secondary N) is 3. The Morgan fingerprint density at radius 2 is 2.26 bits per heavy atom. The van der Waals surface area contributed by atoms with Gasteiger partial charge in [0.1, 0.15) is 6.04 Å². The van der Waals surface area contributed by atoms with E-state index in [0.717, 1.165) is 19.5 Å². The fourth-order valence-electron chi connectivity index (χ4n) is 2.83. The highest BCUT2D eigenvalue weighted by Crippen LogP contribution is 2.13. The zero-order valence-electron chi connectivity index (χ0n) is 13.9. The molecule has 2 heterocycles. The predicted molar refractivity (Wildman–Crippen MR) is 88.0 cm³/mol. The molecule has 1 aromatic rings. The zero-order valence-corrected chi connectivity index (χ0v) is 13.9. The van der Waals surface area contributed by atoms with Crippen molar-refractivity contribution in [3.8, 4) is 0 Å². The van der Waals surface area contributed by atoms with E-state index in [1.165, 1.54) is 19.1 Å². The van der Waals surface area contributed by atoms with Crippen LogP contribution >= 0.6 is 0 Å². The summed E-state index contributed by atoms with van der Waals surface area (Å²) in [6.45, 7) is 6.59. The third kappa shape index (κ3) is 5.39. The maximum Gasteiger partial charge on any atom is 0.287 e. The molecule has 0 bridgehead atoms. The first kappa shape index (κ1) is 17.5. The standard InChI is InChI=1S/C17H27N3O3/c1-12(2)15(20-16(21)14-6-4-10-23-14)17(22)19-9-7-13-5-3-8-18-11-13/h4,6,10,12-13,15,18H,3,5,7-9,11H2,1-2H3,(H,19,22)(H,20,21). The summed E-state index contributed by atoms with van der Waals surface area (Å²) in [4.78, 5) is 24.4. The molecule has 6 nitrogen and oxygen atoms in total. The first-order valence-electron chi connectivity index (χ1n) is 8.40. The molecule has 3 N–H and O–H groups in total. The van der Waals surface area contributed by atoms with Crippen molar-refractivity contribution in [1.82, 2.24) is 16.0 Å². The quantitative estimate of drug-likeness (QED) is 0.711. The van der Waals surface area contributed by atoms with Gasteiger partial charge in [-0.25, -0.2) is 0 Å². The number of amides is 2. The molecule has 2 rings (SSSR count). The van der Waals surface area contributed by atoms with Gasteiger partial charge in [0, 0.05) is 6.54 Å². The van der Waals surface area contributed by atoms with Crippen molar-refractivity contribution >= 4 is 11.8 Å². The van der Waals surface area contributed by atoms with Gasteiger partial charge in [-0.05, 0) is 56.3 Å². The van der Waals surface area contributed by atoms with Gasteiger partial charge in [0.25, 0.3) is 5.91 Å². The zero-order chi connectivity index (χ0) is 16.7. The Morgan fingerprint density at radius 3 is 2.87 bits per heavy atom. The molecule has 6 heteroatoms. The average molecular weight is 321 g/mol. The van der Waals surface area contributed by atoms with E-state index in [9.17, 15) is 9.59 Å². The number of rotatable bonds is 7. The fourth-order valence-corrected chi connectivity index (χ4v) is 2.83. The van der Waals surface area contributed by atoms with Crippen LogP contribution in [0, 0.1) is 11.8 Å². The minimum absolute atomic E-state index is 0.00487. The summed E-state index contributed by atoms with van der Waals surface area (Å²) < 4.78 is 5.07. The van der Waals surface area contributed by atoms with Gasteiger partial charge in [0.2, 0.25) is 5.91 Å². The van der Waals surface area contributed by atoms with Crippen LogP contribution in [0.4, 0.5) is 0 Å². The Balaban J connectivity index is 1.79. The first-order chi connectivity index (χ1) is 11.1. The summed E-state index contributed by atoms with van der Waals surface area (Å²) in [6, 6.07) is 2.68. The first-order valence-corrected chi connectivity index (χ1v) is 8.40. The molecule has 0 radical (unpaired) electrons. The van der Waals surface area contributed by atoms with Gasteiger partial charge in [-0.15, -0.1) is 0 Å². The van der Waals surface area contributed by atoms with E-state index in [4.69, 9.17) is 4.42 Å². The molecule has 2 unspecified atom stereocenters. The Morgan fingerprint density at radius 1 is 1.43 bits per heavy atom. The largest absolute Gasteiger partial charge is 0.459 e. The van der Waals surface area contributed by atoms with Gasteiger partial charge < -0.3 is 20.4 Å². The molecule has 0 aliphatic carbocycles. The summed E-state index contributed by atoms with van der Waals surface area (Å²) in [5, 5.41) is 9.08. The molecule has 1 aliphatic rings. The second kappa shape index (κ2) is 8.72. The fraction of sp³-hybridized carbons (Fsp3) is 0.647. The highest BCUT2D eigenvalue weighted by molar-refractivity contribution is 5.95. The number of furan rings is 1. The third-order valence-electron chi connectivity index (χ3n) is 4.23. The summed E-state index contributed by atoms with van der Waals surface area (Å²) in [6.07, 6.45) is 4.82. The van der Waals surface area contributed by atoms with Crippen LogP contribution in [0.1, 0.15) is 43.7 Å². The number of carbonyl (C=O) groups excluding carboxylic acids is 2. The lowest BCUT2D eigenvalue weighted by Crippen LogP contribution is -2.50. The Bertz CT molecular complexity index is 493. The van der Waals surface area contributed by atoms with Crippen molar-refractivity contribution in [2.45, 2.75) is 39.2 Å². The summed E-state index contributed by atoms with van der Waals surface area (Å²) in [5.41, 5.74) is 0. The molecule has 0 spiro atoms. The van der Waals surface area contributed by atoms with Crippen molar-refractivity contribution in [3.63, 3.8) is 0 Å². The van der Waals surface area contributed by atoms with E-state index in [-0.39, 0.29) is 23.5 Å². The molecule has 2 amide bonds. The van der Waals surface area contributed by atoms with Crippen LogP contribution in [0.5, 0.6) is 0 Å². The van der Waals surface area contributed by atoms with Crippen LogP contribution in [-0.2, 0) is 4.79 Å². The monoisotopic (exact) mass is 321 g/mol. The second-order valence-electron chi connectivity index (χ2n) is 6.46. The van der Waals surface area contributed by atoms with Crippen LogP contribution in [0.25, 0.3) is 0 Å². The van der Waals surface area contributed by atoms with E-state index < -0.39 is 6.04 Å². The Hall–Kier alpha value is -1.82. The minimum atomic E-state index is -0.558. The maximum atomic E-state index is 12.4. The highest BCUT2D eigenvalue weighted by Gasteiger charge is 2.25. The van der Waals surface area contributed by atoms with E-state index in [1.807, 2.05) is 13.8 Å². The lowest BCUT2D eigenvalue weighted by molar-refractivity contribution is -0.124. The van der Waals surface area contributed by atoms with Crippen LogP contribution in [-0.4, -0.2) is 37.5 Å². The molecule has 23 heavy (non-hydrogen) atoms. The molecule has 1 saturated heterocycles.